The normalized spacial score (nSPS) is 10.7. The van der Waals surface area contributed by atoms with Gasteiger partial charge in [-0.2, -0.15) is 0 Å². The number of nitrogens with zero attached hydrogens (tertiary/aromatic N) is 3. The summed E-state index contributed by atoms with van der Waals surface area (Å²) in [6, 6.07) is 7.26. The fourth-order valence-corrected chi connectivity index (χ4v) is 2.03. The molecule has 0 saturated carbocycles. The van der Waals surface area contributed by atoms with Crippen LogP contribution >= 0.6 is 0 Å². The second kappa shape index (κ2) is 5.24. The van der Waals surface area contributed by atoms with Gasteiger partial charge in [-0.25, -0.2) is 9.78 Å². The number of ether oxygens (including phenoxy) is 1. The zero-order valence-corrected chi connectivity index (χ0v) is 11.5. The molecule has 0 aromatic carbocycles. The Labute approximate surface area is 121 Å². The zero-order chi connectivity index (χ0) is 14.8. The van der Waals surface area contributed by atoms with Gasteiger partial charge in [-0.15, -0.1) is 0 Å². The van der Waals surface area contributed by atoms with E-state index < -0.39 is 5.97 Å². The van der Waals surface area contributed by atoms with Gasteiger partial charge in [0.2, 0.25) is 0 Å². The van der Waals surface area contributed by atoms with Crippen LogP contribution < -0.4 is 5.73 Å². The summed E-state index contributed by atoms with van der Waals surface area (Å²) < 4.78 is 7.14. The lowest BCUT2D eigenvalue weighted by Crippen LogP contribution is -2.09. The molecule has 0 amide bonds. The van der Waals surface area contributed by atoms with Crippen molar-refractivity contribution < 1.29 is 9.53 Å². The van der Waals surface area contributed by atoms with E-state index in [0.29, 0.717) is 22.6 Å². The molecule has 6 nitrogen and oxygen atoms in total. The second-order valence-corrected chi connectivity index (χ2v) is 4.68. The number of pyridine rings is 2. The first-order valence-electron chi connectivity index (χ1n) is 6.45. The molecule has 3 aromatic heterocycles. The summed E-state index contributed by atoms with van der Waals surface area (Å²) >= 11 is 0. The van der Waals surface area contributed by atoms with Gasteiger partial charge < -0.3 is 14.9 Å². The smallest absolute Gasteiger partial charge is 0.340 e. The highest BCUT2D eigenvalue weighted by Gasteiger charge is 2.13. The highest BCUT2D eigenvalue weighted by atomic mass is 16.5. The molecule has 6 heteroatoms. The van der Waals surface area contributed by atoms with Crippen LogP contribution in [0.5, 0.6) is 0 Å². The summed E-state index contributed by atoms with van der Waals surface area (Å²) in [6.45, 7) is 1.84. The third kappa shape index (κ3) is 2.69. The lowest BCUT2D eigenvalue weighted by Gasteiger charge is -2.05. The minimum Gasteiger partial charge on any atom is -0.455 e. The third-order valence-electron chi connectivity index (χ3n) is 3.09. The topological polar surface area (TPSA) is 82.5 Å². The maximum atomic E-state index is 12.1. The number of rotatable bonds is 3. The Morgan fingerprint density at radius 3 is 3.10 bits per heavy atom. The lowest BCUT2D eigenvalue weighted by atomic mass is 10.2. The van der Waals surface area contributed by atoms with E-state index >= 15 is 0 Å². The first-order valence-corrected chi connectivity index (χ1v) is 6.45. The van der Waals surface area contributed by atoms with Gasteiger partial charge in [-0.3, -0.25) is 4.98 Å². The van der Waals surface area contributed by atoms with Gasteiger partial charge in [-0.05, 0) is 25.1 Å². The summed E-state index contributed by atoms with van der Waals surface area (Å²) in [4.78, 5) is 20.5. The van der Waals surface area contributed by atoms with Gasteiger partial charge in [0.25, 0.3) is 0 Å². The number of fused-ring (bicyclic) bond motifs is 1. The average Bonchev–Trinajstić information content (AvgIpc) is 2.90. The van der Waals surface area contributed by atoms with Crippen LogP contribution in [0.2, 0.25) is 0 Å². The molecule has 0 radical (unpaired) electrons. The fraction of sp³-hybridized carbons (Fsp3) is 0.133. The van der Waals surface area contributed by atoms with E-state index in [-0.39, 0.29) is 6.61 Å². The van der Waals surface area contributed by atoms with Crippen molar-refractivity contribution in [3.05, 3.63) is 59.8 Å². The number of aryl methyl sites for hydroxylation is 1. The average molecular weight is 282 g/mol. The number of hydrogen-bond donors (Lipinski definition) is 1. The molecular weight excluding hydrogens is 268 g/mol. The van der Waals surface area contributed by atoms with Crippen molar-refractivity contribution in [2.75, 3.05) is 5.73 Å². The Balaban J connectivity index is 1.74. The molecular formula is C15H14N4O2. The molecule has 106 valence electrons. The van der Waals surface area contributed by atoms with Gasteiger partial charge >= 0.3 is 5.97 Å². The molecule has 3 aromatic rings. The molecule has 3 heterocycles. The maximum Gasteiger partial charge on any atom is 0.340 e. The Kier molecular flexibility index (Phi) is 3.27. The Bertz CT molecular complexity index is 777. The van der Waals surface area contributed by atoms with Crippen LogP contribution in [-0.2, 0) is 11.3 Å². The van der Waals surface area contributed by atoms with Crippen molar-refractivity contribution in [1.82, 2.24) is 14.4 Å². The Morgan fingerprint density at radius 2 is 2.29 bits per heavy atom. The van der Waals surface area contributed by atoms with Crippen molar-refractivity contribution in [3.8, 4) is 0 Å². The highest BCUT2D eigenvalue weighted by Crippen LogP contribution is 2.12. The molecule has 0 spiro atoms. The summed E-state index contributed by atoms with van der Waals surface area (Å²) in [5.41, 5.74) is 8.52. The summed E-state index contributed by atoms with van der Waals surface area (Å²) in [7, 11) is 0. The monoisotopic (exact) mass is 282 g/mol. The molecule has 2 N–H and O–H groups in total. The maximum absolute atomic E-state index is 12.1. The Morgan fingerprint density at radius 1 is 1.43 bits per heavy atom. The number of hydrogen-bond acceptors (Lipinski definition) is 5. The summed E-state index contributed by atoms with van der Waals surface area (Å²) in [5, 5.41) is 0. The van der Waals surface area contributed by atoms with Crippen molar-refractivity contribution in [2.24, 2.45) is 0 Å². The van der Waals surface area contributed by atoms with Crippen molar-refractivity contribution in [2.45, 2.75) is 13.5 Å². The van der Waals surface area contributed by atoms with Crippen molar-refractivity contribution >= 4 is 17.3 Å². The van der Waals surface area contributed by atoms with Gasteiger partial charge in [0.1, 0.15) is 12.3 Å². The number of aromatic nitrogens is 3. The van der Waals surface area contributed by atoms with E-state index in [1.54, 1.807) is 13.0 Å². The minimum absolute atomic E-state index is 0.106. The zero-order valence-electron chi connectivity index (χ0n) is 11.5. The molecule has 0 aliphatic carbocycles. The van der Waals surface area contributed by atoms with Crippen LogP contribution in [0.3, 0.4) is 0 Å². The first-order chi connectivity index (χ1) is 10.1. The summed E-state index contributed by atoms with van der Waals surface area (Å²) in [5.74, 6) is -0.454. The van der Waals surface area contributed by atoms with Crippen LogP contribution in [0.1, 0.15) is 21.7 Å². The fourth-order valence-electron chi connectivity index (χ4n) is 2.03. The van der Waals surface area contributed by atoms with Gasteiger partial charge in [-0.1, -0.05) is 6.07 Å². The molecule has 21 heavy (non-hydrogen) atoms. The van der Waals surface area contributed by atoms with Crippen LogP contribution in [0.25, 0.3) is 5.65 Å². The van der Waals surface area contributed by atoms with Crippen molar-refractivity contribution in [1.29, 1.82) is 0 Å². The quantitative estimate of drug-likeness (QED) is 0.743. The molecule has 0 bridgehead atoms. The SMILES string of the molecule is Cc1ncc(N)cc1C(=O)OCc1cn2ccccc2n1. The van der Waals surface area contributed by atoms with E-state index in [4.69, 9.17) is 10.5 Å². The molecule has 0 aliphatic heterocycles. The minimum atomic E-state index is -0.454. The standard InChI is InChI=1S/C15H14N4O2/c1-10-13(6-11(16)7-17-10)15(20)21-9-12-8-19-5-3-2-4-14(19)18-12/h2-8H,9,16H2,1H3. The Hall–Kier alpha value is -2.89. The van der Waals surface area contributed by atoms with E-state index in [1.165, 1.54) is 6.20 Å². The van der Waals surface area contributed by atoms with Crippen LogP contribution in [0.4, 0.5) is 5.69 Å². The van der Waals surface area contributed by atoms with Gasteiger partial charge in [0.15, 0.2) is 0 Å². The van der Waals surface area contributed by atoms with Crippen LogP contribution in [-0.4, -0.2) is 20.3 Å². The predicted octanol–water partition coefficient (Wildman–Crippen LogP) is 1.98. The second-order valence-electron chi connectivity index (χ2n) is 4.68. The molecule has 0 atom stereocenters. The van der Waals surface area contributed by atoms with Crippen LogP contribution in [0, 0.1) is 6.92 Å². The highest BCUT2D eigenvalue weighted by molar-refractivity contribution is 5.91. The number of anilines is 1. The number of esters is 1. The number of carbonyl (C=O) groups excluding carboxylic acids is 1. The first kappa shape index (κ1) is 13.1. The largest absolute Gasteiger partial charge is 0.455 e. The number of nitrogen functional groups attached to an aromatic ring is 1. The number of nitrogens with two attached hydrogens (primary N) is 1. The van der Waals surface area contributed by atoms with E-state index in [0.717, 1.165) is 5.65 Å². The predicted molar refractivity (Wildman–Crippen MR) is 77.7 cm³/mol. The lowest BCUT2D eigenvalue weighted by molar-refractivity contribution is 0.0467. The number of imidazole rings is 1. The van der Waals surface area contributed by atoms with Gasteiger partial charge in [0.05, 0.1) is 28.8 Å². The van der Waals surface area contributed by atoms with E-state index in [2.05, 4.69) is 9.97 Å². The molecule has 0 fully saturated rings. The summed E-state index contributed by atoms with van der Waals surface area (Å²) in [6.07, 6.45) is 5.22. The third-order valence-corrected chi connectivity index (χ3v) is 3.09. The van der Waals surface area contributed by atoms with Gasteiger partial charge in [0, 0.05) is 12.4 Å². The van der Waals surface area contributed by atoms with E-state index in [1.807, 2.05) is 35.0 Å². The van der Waals surface area contributed by atoms with E-state index in [9.17, 15) is 4.79 Å². The molecule has 0 aliphatic rings. The van der Waals surface area contributed by atoms with Crippen LogP contribution in [0.15, 0.2) is 42.9 Å². The molecule has 3 rings (SSSR count). The molecule has 0 saturated heterocycles. The van der Waals surface area contributed by atoms with Crippen molar-refractivity contribution in [3.63, 3.8) is 0 Å². The number of carbonyl (C=O) groups is 1. The molecule has 0 unspecified atom stereocenters.